The third kappa shape index (κ3) is 4.45. The van der Waals surface area contributed by atoms with Gasteiger partial charge in [-0.1, -0.05) is 60.2 Å². The van der Waals surface area contributed by atoms with E-state index in [1.165, 1.54) is 5.56 Å². The van der Waals surface area contributed by atoms with Gasteiger partial charge in [0, 0.05) is 43.5 Å². The average molecular weight is 441 g/mol. The van der Waals surface area contributed by atoms with Crippen LogP contribution in [0.25, 0.3) is 11.3 Å². The van der Waals surface area contributed by atoms with E-state index in [1.54, 1.807) is 0 Å². The Morgan fingerprint density at radius 2 is 1.79 bits per heavy atom. The molecule has 0 bridgehead atoms. The molecular formula is C29H32N2O2. The van der Waals surface area contributed by atoms with Crippen LogP contribution in [0.4, 0.5) is 0 Å². The van der Waals surface area contributed by atoms with Crippen molar-refractivity contribution in [2.24, 2.45) is 0 Å². The number of ether oxygens (including phenoxy) is 1. The number of amides is 1. The summed E-state index contributed by atoms with van der Waals surface area (Å²) in [5, 5.41) is 0. The summed E-state index contributed by atoms with van der Waals surface area (Å²) in [7, 11) is 0. The van der Waals surface area contributed by atoms with Crippen LogP contribution in [-0.4, -0.2) is 42.1 Å². The number of nitrogens with zero attached hydrogens (tertiary/aromatic N) is 2. The van der Waals surface area contributed by atoms with Crippen molar-refractivity contribution in [2.45, 2.75) is 43.9 Å². The summed E-state index contributed by atoms with van der Waals surface area (Å²) in [6.07, 6.45) is 3.57. The molecule has 1 amide bonds. The maximum absolute atomic E-state index is 14.0. The fourth-order valence-corrected chi connectivity index (χ4v) is 5.45. The molecule has 3 heterocycles. The van der Waals surface area contributed by atoms with Crippen LogP contribution in [0.15, 0.2) is 72.8 Å². The van der Waals surface area contributed by atoms with Crippen molar-refractivity contribution in [3.8, 4) is 11.3 Å². The van der Waals surface area contributed by atoms with Crippen molar-refractivity contribution >= 4 is 5.91 Å². The Bertz CT molecular complexity index is 1110. The second-order valence-electron chi connectivity index (χ2n) is 9.47. The van der Waals surface area contributed by atoms with E-state index in [1.807, 2.05) is 18.2 Å². The van der Waals surface area contributed by atoms with Crippen LogP contribution >= 0.6 is 0 Å². The van der Waals surface area contributed by atoms with Crippen LogP contribution < -0.4 is 0 Å². The minimum Gasteiger partial charge on any atom is -0.381 e. The van der Waals surface area contributed by atoms with E-state index < -0.39 is 5.41 Å². The molecule has 0 N–H and O–H groups in total. The highest BCUT2D eigenvalue weighted by Gasteiger charge is 2.45. The first kappa shape index (κ1) is 21.8. The Kier molecular flexibility index (Phi) is 6.28. The SMILES string of the molecule is Cc1cccc(-c2cccc(C3CCCN(C(=O)C4(c5ccccc5)CCOCC4)C3)n2)c1. The van der Waals surface area contributed by atoms with E-state index in [2.05, 4.69) is 66.4 Å². The predicted molar refractivity (Wildman–Crippen MR) is 131 cm³/mol. The molecule has 2 aliphatic heterocycles. The number of carbonyl (C=O) groups is 1. The largest absolute Gasteiger partial charge is 0.381 e. The molecule has 0 aliphatic carbocycles. The maximum Gasteiger partial charge on any atom is 0.233 e. The molecule has 33 heavy (non-hydrogen) atoms. The molecule has 0 saturated carbocycles. The summed E-state index contributed by atoms with van der Waals surface area (Å²) in [6, 6.07) is 25.1. The van der Waals surface area contributed by atoms with E-state index >= 15 is 0 Å². The number of carbonyl (C=O) groups excluding carboxylic acids is 1. The molecule has 0 spiro atoms. The zero-order valence-corrected chi connectivity index (χ0v) is 19.4. The lowest BCUT2D eigenvalue weighted by molar-refractivity contribution is -0.142. The highest BCUT2D eigenvalue weighted by molar-refractivity contribution is 5.88. The molecule has 2 fully saturated rings. The van der Waals surface area contributed by atoms with Gasteiger partial charge in [-0.3, -0.25) is 9.78 Å². The fourth-order valence-electron chi connectivity index (χ4n) is 5.45. The molecular weight excluding hydrogens is 408 g/mol. The number of hydrogen-bond acceptors (Lipinski definition) is 3. The van der Waals surface area contributed by atoms with E-state index in [0.717, 1.165) is 61.3 Å². The molecule has 2 saturated heterocycles. The molecule has 2 aliphatic rings. The van der Waals surface area contributed by atoms with Crippen molar-refractivity contribution in [1.29, 1.82) is 0 Å². The van der Waals surface area contributed by atoms with Gasteiger partial charge < -0.3 is 9.64 Å². The van der Waals surface area contributed by atoms with E-state index in [4.69, 9.17) is 9.72 Å². The number of pyridine rings is 1. The third-order valence-corrected chi connectivity index (χ3v) is 7.29. The number of rotatable bonds is 4. The van der Waals surface area contributed by atoms with Crippen LogP contribution in [-0.2, 0) is 14.9 Å². The van der Waals surface area contributed by atoms with Gasteiger partial charge in [-0.25, -0.2) is 0 Å². The smallest absolute Gasteiger partial charge is 0.233 e. The van der Waals surface area contributed by atoms with Gasteiger partial charge in [0.25, 0.3) is 0 Å². The van der Waals surface area contributed by atoms with Crippen molar-refractivity contribution < 1.29 is 9.53 Å². The number of piperidine rings is 1. The maximum atomic E-state index is 14.0. The predicted octanol–water partition coefficient (Wildman–Crippen LogP) is 5.51. The number of aryl methyl sites for hydroxylation is 1. The zero-order valence-electron chi connectivity index (χ0n) is 19.4. The summed E-state index contributed by atoms with van der Waals surface area (Å²) >= 11 is 0. The molecule has 4 heteroatoms. The quantitative estimate of drug-likeness (QED) is 0.537. The van der Waals surface area contributed by atoms with Crippen LogP contribution in [0, 0.1) is 6.92 Å². The first-order chi connectivity index (χ1) is 16.2. The van der Waals surface area contributed by atoms with E-state index in [-0.39, 0.29) is 11.8 Å². The Hall–Kier alpha value is -2.98. The second-order valence-corrected chi connectivity index (χ2v) is 9.47. The second kappa shape index (κ2) is 9.48. The average Bonchev–Trinajstić information content (AvgIpc) is 2.89. The Labute approximate surface area is 196 Å². The molecule has 0 radical (unpaired) electrons. The van der Waals surface area contributed by atoms with Crippen molar-refractivity contribution in [1.82, 2.24) is 9.88 Å². The van der Waals surface area contributed by atoms with E-state index in [0.29, 0.717) is 13.2 Å². The van der Waals surface area contributed by atoms with Gasteiger partial charge >= 0.3 is 0 Å². The number of benzene rings is 2. The number of aromatic nitrogens is 1. The monoisotopic (exact) mass is 440 g/mol. The minimum atomic E-state index is -0.474. The van der Waals surface area contributed by atoms with Crippen LogP contribution in [0.3, 0.4) is 0 Å². The Morgan fingerprint density at radius 1 is 1.00 bits per heavy atom. The van der Waals surface area contributed by atoms with E-state index in [9.17, 15) is 4.79 Å². The van der Waals surface area contributed by atoms with Gasteiger partial charge in [-0.15, -0.1) is 0 Å². The standard InChI is InChI=1S/C29H32N2O2/c1-22-8-5-9-23(20-22)26-13-6-14-27(30-26)24-10-7-17-31(21-24)28(32)29(15-18-33-19-16-29)25-11-3-2-4-12-25/h2-6,8-9,11-14,20,24H,7,10,15-19,21H2,1H3. The Balaban J connectivity index is 1.40. The molecule has 3 aromatic rings. The first-order valence-electron chi connectivity index (χ1n) is 12.1. The van der Waals surface area contributed by atoms with Gasteiger partial charge in [-0.05, 0) is 56.4 Å². The topological polar surface area (TPSA) is 42.4 Å². The summed E-state index contributed by atoms with van der Waals surface area (Å²) < 4.78 is 5.66. The molecule has 1 aromatic heterocycles. The minimum absolute atomic E-state index is 0.261. The first-order valence-corrected chi connectivity index (χ1v) is 12.1. The van der Waals surface area contributed by atoms with Crippen LogP contribution in [0.1, 0.15) is 48.4 Å². The van der Waals surface area contributed by atoms with Crippen molar-refractivity contribution in [2.75, 3.05) is 26.3 Å². The van der Waals surface area contributed by atoms with Gasteiger partial charge in [-0.2, -0.15) is 0 Å². The summed E-state index contributed by atoms with van der Waals surface area (Å²) in [6.45, 7) is 4.94. The van der Waals surface area contributed by atoms with Crippen molar-refractivity contribution in [3.63, 3.8) is 0 Å². The summed E-state index contributed by atoms with van der Waals surface area (Å²) in [5.74, 6) is 0.525. The fraction of sp³-hybridized carbons (Fsp3) is 0.379. The number of likely N-dealkylation sites (tertiary alicyclic amines) is 1. The zero-order chi connectivity index (χ0) is 22.7. The summed E-state index contributed by atoms with van der Waals surface area (Å²) in [5.41, 5.74) is 5.12. The van der Waals surface area contributed by atoms with Crippen LogP contribution in [0.2, 0.25) is 0 Å². The molecule has 1 atom stereocenters. The normalized spacial score (nSPS) is 20.4. The highest BCUT2D eigenvalue weighted by atomic mass is 16.5. The van der Waals surface area contributed by atoms with Gasteiger partial charge in [0.1, 0.15) is 0 Å². The summed E-state index contributed by atoms with van der Waals surface area (Å²) in [4.78, 5) is 21.2. The van der Waals surface area contributed by atoms with Crippen LogP contribution in [0.5, 0.6) is 0 Å². The number of hydrogen-bond donors (Lipinski definition) is 0. The lowest BCUT2D eigenvalue weighted by Gasteiger charge is -2.42. The van der Waals surface area contributed by atoms with Crippen molar-refractivity contribution in [3.05, 3.63) is 89.6 Å². The lowest BCUT2D eigenvalue weighted by Crippen LogP contribution is -2.52. The third-order valence-electron chi connectivity index (χ3n) is 7.29. The lowest BCUT2D eigenvalue weighted by atomic mass is 9.72. The molecule has 170 valence electrons. The Morgan fingerprint density at radius 3 is 2.58 bits per heavy atom. The molecule has 4 nitrogen and oxygen atoms in total. The molecule has 1 unspecified atom stereocenters. The van der Waals surface area contributed by atoms with Gasteiger partial charge in [0.15, 0.2) is 0 Å². The molecule has 2 aromatic carbocycles. The van der Waals surface area contributed by atoms with Gasteiger partial charge in [0.2, 0.25) is 5.91 Å². The molecule has 5 rings (SSSR count). The van der Waals surface area contributed by atoms with Gasteiger partial charge in [0.05, 0.1) is 11.1 Å². The highest BCUT2D eigenvalue weighted by Crippen LogP contribution is 2.38.